The lowest BCUT2D eigenvalue weighted by Crippen LogP contribution is -2.56. The van der Waals surface area contributed by atoms with Gasteiger partial charge < -0.3 is 30.3 Å². The molecule has 2 aromatic rings. The number of carbonyl (C=O) groups is 2. The Balaban J connectivity index is 1.44. The Morgan fingerprint density at radius 2 is 1.74 bits per heavy atom. The first kappa shape index (κ1) is 23.2. The predicted molar refractivity (Wildman–Crippen MR) is 125 cm³/mol. The van der Waals surface area contributed by atoms with Crippen molar-refractivity contribution in [1.29, 1.82) is 0 Å². The van der Waals surface area contributed by atoms with E-state index >= 15 is 0 Å². The minimum Gasteiger partial charge on any atom is -0.482 e. The van der Waals surface area contributed by atoms with Gasteiger partial charge in [0.15, 0.2) is 0 Å². The van der Waals surface area contributed by atoms with Crippen molar-refractivity contribution in [1.82, 2.24) is 4.90 Å². The second-order valence-corrected chi connectivity index (χ2v) is 9.47. The van der Waals surface area contributed by atoms with Crippen molar-refractivity contribution >= 4 is 28.6 Å². The number of hydrogen-bond donors (Lipinski definition) is 4. The lowest BCUT2D eigenvalue weighted by atomic mass is 9.91. The Kier molecular flexibility index (Phi) is 5.51. The van der Waals surface area contributed by atoms with Gasteiger partial charge in [-0.2, -0.15) is 0 Å². The zero-order valence-electron chi connectivity index (χ0n) is 19.2. The third-order valence-corrected chi connectivity index (χ3v) is 6.60. The summed E-state index contributed by atoms with van der Waals surface area (Å²) in [6.45, 7) is 3.59. The van der Waals surface area contributed by atoms with Gasteiger partial charge >= 0.3 is 0 Å². The molecule has 0 radical (unpaired) electrons. The largest absolute Gasteiger partial charge is 0.482 e. The number of amides is 2. The molecule has 0 unspecified atom stereocenters. The van der Waals surface area contributed by atoms with E-state index in [0.29, 0.717) is 28.1 Å². The fraction of sp³-hybridized carbons (Fsp3) is 0.308. The molecule has 3 atom stereocenters. The van der Waals surface area contributed by atoms with E-state index in [0.717, 1.165) is 11.1 Å². The number of aliphatic hydroxyl groups is 3. The molecule has 3 aliphatic rings. The van der Waals surface area contributed by atoms with Crippen LogP contribution in [0.3, 0.4) is 0 Å². The molecule has 8 nitrogen and oxygen atoms in total. The van der Waals surface area contributed by atoms with Gasteiger partial charge in [0, 0.05) is 29.8 Å². The van der Waals surface area contributed by atoms with Gasteiger partial charge in [-0.3, -0.25) is 9.59 Å². The first-order valence-electron chi connectivity index (χ1n) is 11.3. The molecule has 0 saturated carbocycles. The second-order valence-electron chi connectivity index (χ2n) is 9.47. The number of rotatable bonds is 2. The molecule has 5 rings (SSSR count). The number of ether oxygens (including phenoxy) is 1. The maximum atomic E-state index is 13.6. The van der Waals surface area contributed by atoms with Crippen LogP contribution >= 0.6 is 0 Å². The molecule has 35 heavy (non-hydrogen) atoms. The van der Waals surface area contributed by atoms with E-state index < -0.39 is 29.7 Å². The highest BCUT2D eigenvalue weighted by Gasteiger charge is 2.39. The Hall–Kier alpha value is -3.53. The summed E-state index contributed by atoms with van der Waals surface area (Å²) in [7, 11) is 0. The summed E-state index contributed by atoms with van der Waals surface area (Å²) in [4.78, 5) is 26.8. The van der Waals surface area contributed by atoms with Crippen molar-refractivity contribution in [2.45, 2.75) is 37.8 Å². The van der Waals surface area contributed by atoms with Crippen molar-refractivity contribution < 1.29 is 34.0 Å². The van der Waals surface area contributed by atoms with Crippen molar-refractivity contribution in [2.24, 2.45) is 0 Å². The van der Waals surface area contributed by atoms with Crippen LogP contribution in [0, 0.1) is 5.82 Å². The molecule has 9 heteroatoms. The summed E-state index contributed by atoms with van der Waals surface area (Å²) in [6, 6.07) is 10.9. The van der Waals surface area contributed by atoms with Crippen LogP contribution in [0.2, 0.25) is 0 Å². The first-order valence-corrected chi connectivity index (χ1v) is 11.3. The van der Waals surface area contributed by atoms with Crippen LogP contribution in [-0.4, -0.2) is 69.0 Å². The summed E-state index contributed by atoms with van der Waals surface area (Å²) in [5, 5.41) is 32.2. The van der Waals surface area contributed by atoms with E-state index in [4.69, 9.17) is 4.74 Å². The van der Waals surface area contributed by atoms with Gasteiger partial charge in [-0.15, -0.1) is 0 Å². The Morgan fingerprint density at radius 1 is 1.09 bits per heavy atom. The zero-order valence-corrected chi connectivity index (χ0v) is 19.2. The summed E-state index contributed by atoms with van der Waals surface area (Å²) in [5.74, 6) is -0.806. The maximum absolute atomic E-state index is 13.6. The number of likely N-dealkylation sites (tertiary alicyclic amines) is 1. The summed E-state index contributed by atoms with van der Waals surface area (Å²) in [5.41, 5.74) is 2.48. The zero-order chi connectivity index (χ0) is 25.1. The van der Waals surface area contributed by atoms with Gasteiger partial charge in [-0.25, -0.2) is 4.39 Å². The molecule has 2 amide bonds. The fourth-order valence-electron chi connectivity index (χ4n) is 4.75. The van der Waals surface area contributed by atoms with Crippen molar-refractivity contribution in [2.75, 3.05) is 18.4 Å². The Labute approximate surface area is 200 Å². The molecule has 0 bridgehead atoms. The number of allylic oxidation sites excluding steroid dienone is 1. The SMILES string of the molecule is CC1(C)O/C(=C2/C(=O)Nc3cc(F)ccc32)C=C1c1ccc(C(=O)N2C[C@@H](O)[C@H](O)[C@@H](O)C2)cc1. The van der Waals surface area contributed by atoms with Gasteiger partial charge in [0.25, 0.3) is 11.8 Å². The molecular weight excluding hydrogens is 455 g/mol. The summed E-state index contributed by atoms with van der Waals surface area (Å²) >= 11 is 0. The molecule has 2 aromatic carbocycles. The van der Waals surface area contributed by atoms with Crippen LogP contribution in [0.25, 0.3) is 11.1 Å². The summed E-state index contributed by atoms with van der Waals surface area (Å²) in [6.07, 6.45) is -1.94. The third-order valence-electron chi connectivity index (χ3n) is 6.60. The van der Waals surface area contributed by atoms with Gasteiger partial charge in [-0.1, -0.05) is 12.1 Å². The van der Waals surface area contributed by atoms with Crippen LogP contribution in [0.4, 0.5) is 10.1 Å². The number of halogens is 1. The van der Waals surface area contributed by atoms with E-state index in [1.54, 1.807) is 36.4 Å². The minimum absolute atomic E-state index is 0.0742. The van der Waals surface area contributed by atoms with Crippen LogP contribution in [0.15, 0.2) is 54.3 Å². The molecule has 0 aromatic heterocycles. The number of anilines is 1. The number of β-amino-alcohol motifs (C(OH)–C–C–N with tert-alkyl or cyclic N) is 2. The van der Waals surface area contributed by atoms with Gasteiger partial charge in [0.2, 0.25) is 0 Å². The highest BCUT2D eigenvalue weighted by atomic mass is 19.1. The number of carbonyl (C=O) groups excluding carboxylic acids is 2. The monoisotopic (exact) mass is 480 g/mol. The van der Waals surface area contributed by atoms with Gasteiger partial charge in [-0.05, 0) is 55.8 Å². The number of nitrogens with one attached hydrogen (secondary N) is 1. The maximum Gasteiger partial charge on any atom is 0.260 e. The van der Waals surface area contributed by atoms with Crippen molar-refractivity contribution in [3.05, 3.63) is 76.8 Å². The number of fused-ring (bicyclic) bond motifs is 1. The van der Waals surface area contributed by atoms with Crippen molar-refractivity contribution in [3.8, 4) is 0 Å². The normalized spacial score (nSPS) is 27.3. The molecule has 4 N–H and O–H groups in total. The fourth-order valence-corrected chi connectivity index (χ4v) is 4.75. The van der Waals surface area contributed by atoms with Crippen LogP contribution in [-0.2, 0) is 9.53 Å². The molecule has 3 heterocycles. The highest BCUT2D eigenvalue weighted by Crippen LogP contribution is 2.44. The molecule has 0 aliphatic carbocycles. The van der Waals surface area contributed by atoms with Crippen LogP contribution < -0.4 is 5.32 Å². The number of nitrogens with zero attached hydrogens (tertiary/aromatic N) is 1. The van der Waals surface area contributed by atoms with E-state index in [-0.39, 0.29) is 24.9 Å². The average molecular weight is 480 g/mol. The lowest BCUT2D eigenvalue weighted by molar-refractivity contribution is -0.111. The van der Waals surface area contributed by atoms with Crippen LogP contribution in [0.5, 0.6) is 0 Å². The number of benzene rings is 2. The molecular formula is C26H25FN2O6. The molecule has 0 spiro atoms. The van der Waals surface area contributed by atoms with Crippen molar-refractivity contribution in [3.63, 3.8) is 0 Å². The van der Waals surface area contributed by atoms with Gasteiger partial charge in [0.1, 0.15) is 35.5 Å². The van der Waals surface area contributed by atoms with E-state index in [2.05, 4.69) is 5.32 Å². The smallest absolute Gasteiger partial charge is 0.260 e. The van der Waals surface area contributed by atoms with E-state index in [1.807, 2.05) is 13.8 Å². The van der Waals surface area contributed by atoms with Gasteiger partial charge in [0.05, 0.1) is 11.3 Å². The number of hydrogen-bond acceptors (Lipinski definition) is 6. The second kappa shape index (κ2) is 8.30. The number of piperidine rings is 1. The molecule has 182 valence electrons. The van der Waals surface area contributed by atoms with E-state index in [9.17, 15) is 29.3 Å². The Morgan fingerprint density at radius 3 is 2.40 bits per heavy atom. The lowest BCUT2D eigenvalue weighted by Gasteiger charge is -2.36. The quantitative estimate of drug-likeness (QED) is 0.488. The minimum atomic E-state index is -1.28. The molecule has 3 aliphatic heterocycles. The summed E-state index contributed by atoms with van der Waals surface area (Å²) < 4.78 is 19.7. The van der Waals surface area contributed by atoms with E-state index in [1.165, 1.54) is 17.0 Å². The predicted octanol–water partition coefficient (Wildman–Crippen LogP) is 1.92. The first-order chi connectivity index (χ1) is 16.5. The Bertz CT molecular complexity index is 1270. The molecule has 1 fully saturated rings. The van der Waals surface area contributed by atoms with Crippen LogP contribution in [0.1, 0.15) is 35.3 Å². The average Bonchev–Trinajstić information content (AvgIpc) is 3.30. The highest BCUT2D eigenvalue weighted by molar-refractivity contribution is 6.32. The standard InChI is InChI=1S/C26H25FN2O6/c1-26(2)17(10-21(35-26)22-16-8-7-15(27)9-18(16)28-24(22)33)13-3-5-14(6-4-13)25(34)29-11-19(30)23(32)20(31)12-29/h3-10,19-20,23,30-32H,11-12H2,1-2H3,(H,28,33)/b22-21+/t19-,20+,23+. The molecule has 1 saturated heterocycles. The topological polar surface area (TPSA) is 119 Å². The number of aliphatic hydroxyl groups excluding tert-OH is 3. The third kappa shape index (κ3) is 4.01.